The molecule has 0 radical (unpaired) electrons. The second-order valence-corrected chi connectivity index (χ2v) is 5.01. The second kappa shape index (κ2) is 6.06. The van der Waals surface area contributed by atoms with Gasteiger partial charge in [0.05, 0.1) is 12.1 Å². The molecule has 0 aromatic carbocycles. The van der Waals surface area contributed by atoms with Gasteiger partial charge in [0, 0.05) is 12.4 Å². The Labute approximate surface area is 112 Å². The number of anilines is 1. The molecule has 2 rings (SSSR count). The Morgan fingerprint density at radius 2 is 2.00 bits per heavy atom. The Morgan fingerprint density at radius 1 is 1.28 bits per heavy atom. The van der Waals surface area contributed by atoms with Crippen LogP contribution >= 0.6 is 12.2 Å². The van der Waals surface area contributed by atoms with Crippen LogP contribution in [0, 0.1) is 0 Å². The fourth-order valence-electron chi connectivity index (χ4n) is 2.26. The number of hydrogen-bond acceptors (Lipinski definition) is 5. The maximum atomic E-state index is 10.1. The van der Waals surface area contributed by atoms with Crippen molar-refractivity contribution in [1.82, 2.24) is 9.97 Å². The number of aliphatic hydroxyl groups is 1. The standard InChI is InChI=1S/C12H18N4OS/c13-11(18)10-12(15-7-6-14-10)16-8-4-2-1-3-5-9(8)17/h6-9,17H,1-5H2,(H2,13,18)(H,15,16). The lowest BCUT2D eigenvalue weighted by Crippen LogP contribution is -2.34. The normalized spacial score (nSPS) is 24.3. The summed E-state index contributed by atoms with van der Waals surface area (Å²) in [6, 6.07) is -0.00250. The van der Waals surface area contributed by atoms with Crippen LogP contribution in [0.5, 0.6) is 0 Å². The molecule has 1 aliphatic carbocycles. The molecule has 2 unspecified atom stereocenters. The van der Waals surface area contributed by atoms with Crippen LogP contribution < -0.4 is 11.1 Å². The highest BCUT2D eigenvalue weighted by atomic mass is 32.1. The molecule has 1 aliphatic rings. The van der Waals surface area contributed by atoms with Gasteiger partial charge in [-0.25, -0.2) is 9.97 Å². The summed E-state index contributed by atoms with van der Waals surface area (Å²) in [7, 11) is 0. The number of aromatic nitrogens is 2. The molecule has 1 heterocycles. The molecule has 1 saturated carbocycles. The molecular formula is C12H18N4OS. The van der Waals surface area contributed by atoms with Crippen molar-refractivity contribution in [3.8, 4) is 0 Å². The summed E-state index contributed by atoms with van der Waals surface area (Å²) in [5.74, 6) is 0.566. The van der Waals surface area contributed by atoms with Crippen LogP contribution in [0.1, 0.15) is 37.8 Å². The maximum absolute atomic E-state index is 10.1. The third-order valence-corrected chi connectivity index (χ3v) is 3.43. The SMILES string of the molecule is NC(=S)c1nccnc1NC1CCCCCC1O. The Morgan fingerprint density at radius 3 is 2.78 bits per heavy atom. The minimum Gasteiger partial charge on any atom is -0.391 e. The summed E-state index contributed by atoms with van der Waals surface area (Å²) in [5.41, 5.74) is 6.10. The Hall–Kier alpha value is -1.27. The molecule has 0 bridgehead atoms. The predicted molar refractivity (Wildman–Crippen MR) is 74.4 cm³/mol. The topological polar surface area (TPSA) is 84.1 Å². The molecule has 1 aromatic heterocycles. The number of nitrogens with two attached hydrogens (primary N) is 1. The van der Waals surface area contributed by atoms with Gasteiger partial charge in [0.15, 0.2) is 5.82 Å². The van der Waals surface area contributed by atoms with Crippen molar-refractivity contribution < 1.29 is 5.11 Å². The molecule has 18 heavy (non-hydrogen) atoms. The van der Waals surface area contributed by atoms with Gasteiger partial charge in [0.1, 0.15) is 10.7 Å². The smallest absolute Gasteiger partial charge is 0.155 e. The maximum Gasteiger partial charge on any atom is 0.155 e. The molecule has 98 valence electrons. The van der Waals surface area contributed by atoms with Gasteiger partial charge < -0.3 is 16.2 Å². The first-order valence-electron chi connectivity index (χ1n) is 6.24. The molecule has 4 N–H and O–H groups in total. The van der Waals surface area contributed by atoms with E-state index in [2.05, 4.69) is 15.3 Å². The number of rotatable bonds is 3. The van der Waals surface area contributed by atoms with Gasteiger partial charge in [-0.15, -0.1) is 0 Å². The van der Waals surface area contributed by atoms with Gasteiger partial charge in [0.25, 0.3) is 0 Å². The largest absolute Gasteiger partial charge is 0.391 e. The van der Waals surface area contributed by atoms with Gasteiger partial charge >= 0.3 is 0 Å². The quantitative estimate of drug-likeness (QED) is 0.563. The summed E-state index contributed by atoms with van der Waals surface area (Å²) >= 11 is 4.95. The van der Waals surface area contributed by atoms with Crippen molar-refractivity contribution in [2.45, 2.75) is 44.2 Å². The molecule has 1 aromatic rings. The van der Waals surface area contributed by atoms with E-state index in [4.69, 9.17) is 18.0 Å². The highest BCUT2D eigenvalue weighted by molar-refractivity contribution is 7.80. The summed E-state index contributed by atoms with van der Waals surface area (Å²) in [6.45, 7) is 0. The first-order chi connectivity index (χ1) is 8.68. The van der Waals surface area contributed by atoms with Crippen molar-refractivity contribution in [3.63, 3.8) is 0 Å². The zero-order valence-electron chi connectivity index (χ0n) is 10.2. The third-order valence-electron chi connectivity index (χ3n) is 3.23. The summed E-state index contributed by atoms with van der Waals surface area (Å²) in [5, 5.41) is 13.3. The number of aliphatic hydroxyl groups excluding tert-OH is 1. The molecule has 0 amide bonds. The van der Waals surface area contributed by atoms with Crippen molar-refractivity contribution in [1.29, 1.82) is 0 Å². The fourth-order valence-corrected chi connectivity index (χ4v) is 2.41. The number of nitrogens with zero attached hydrogens (tertiary/aromatic N) is 2. The number of hydrogen-bond donors (Lipinski definition) is 3. The Kier molecular flexibility index (Phi) is 4.43. The van der Waals surface area contributed by atoms with Crippen molar-refractivity contribution in [2.24, 2.45) is 5.73 Å². The molecule has 0 saturated heterocycles. The van der Waals surface area contributed by atoms with E-state index in [1.807, 2.05) is 0 Å². The molecule has 6 heteroatoms. The average molecular weight is 266 g/mol. The van der Waals surface area contributed by atoms with E-state index in [1.54, 1.807) is 12.4 Å². The van der Waals surface area contributed by atoms with Gasteiger partial charge in [0.2, 0.25) is 0 Å². The van der Waals surface area contributed by atoms with Crippen LogP contribution in [0.15, 0.2) is 12.4 Å². The minimum absolute atomic E-state index is 0.00250. The molecule has 1 fully saturated rings. The van der Waals surface area contributed by atoms with Crippen LogP contribution in [0.2, 0.25) is 0 Å². The van der Waals surface area contributed by atoms with E-state index in [9.17, 15) is 5.11 Å². The summed E-state index contributed by atoms with van der Waals surface area (Å²) in [4.78, 5) is 8.54. The van der Waals surface area contributed by atoms with Crippen molar-refractivity contribution in [3.05, 3.63) is 18.1 Å². The first kappa shape index (κ1) is 13.2. The summed E-state index contributed by atoms with van der Waals surface area (Å²) < 4.78 is 0. The second-order valence-electron chi connectivity index (χ2n) is 4.57. The van der Waals surface area contributed by atoms with Crippen LogP contribution in [-0.4, -0.2) is 32.2 Å². The summed E-state index contributed by atoms with van der Waals surface area (Å²) in [6.07, 6.45) is 7.89. The molecule has 5 nitrogen and oxygen atoms in total. The van der Waals surface area contributed by atoms with Gasteiger partial charge in [-0.1, -0.05) is 31.5 Å². The van der Waals surface area contributed by atoms with Crippen molar-refractivity contribution in [2.75, 3.05) is 5.32 Å². The molecule has 0 aliphatic heterocycles. The van der Waals surface area contributed by atoms with Gasteiger partial charge in [-0.3, -0.25) is 0 Å². The third kappa shape index (κ3) is 3.14. The van der Waals surface area contributed by atoms with Crippen molar-refractivity contribution >= 4 is 23.0 Å². The zero-order valence-corrected chi connectivity index (χ0v) is 11.0. The number of thiocarbonyl (C=S) groups is 1. The van der Waals surface area contributed by atoms with E-state index in [0.717, 1.165) is 32.1 Å². The van der Waals surface area contributed by atoms with Gasteiger partial charge in [-0.2, -0.15) is 0 Å². The van der Waals surface area contributed by atoms with Crippen LogP contribution in [0.25, 0.3) is 0 Å². The minimum atomic E-state index is -0.353. The van der Waals surface area contributed by atoms with E-state index >= 15 is 0 Å². The van der Waals surface area contributed by atoms with Crippen LogP contribution in [0.4, 0.5) is 5.82 Å². The highest BCUT2D eigenvalue weighted by Gasteiger charge is 2.23. The van der Waals surface area contributed by atoms with Gasteiger partial charge in [-0.05, 0) is 12.8 Å². The zero-order chi connectivity index (χ0) is 13.0. The van der Waals surface area contributed by atoms with E-state index in [0.29, 0.717) is 11.5 Å². The molecular weight excluding hydrogens is 248 g/mol. The Bertz CT molecular complexity index is 426. The van der Waals surface area contributed by atoms with E-state index < -0.39 is 0 Å². The van der Waals surface area contributed by atoms with Crippen LogP contribution in [-0.2, 0) is 0 Å². The lowest BCUT2D eigenvalue weighted by molar-refractivity contribution is 0.144. The monoisotopic (exact) mass is 266 g/mol. The molecule has 2 atom stereocenters. The average Bonchev–Trinajstić information content (AvgIpc) is 2.55. The highest BCUT2D eigenvalue weighted by Crippen LogP contribution is 2.21. The predicted octanol–water partition coefficient (Wildman–Crippen LogP) is 1.22. The fraction of sp³-hybridized carbons (Fsp3) is 0.583. The van der Waals surface area contributed by atoms with E-state index in [1.165, 1.54) is 0 Å². The lowest BCUT2D eigenvalue weighted by Gasteiger charge is -2.23. The van der Waals surface area contributed by atoms with E-state index in [-0.39, 0.29) is 17.1 Å². The first-order valence-corrected chi connectivity index (χ1v) is 6.64. The number of nitrogens with one attached hydrogen (secondary N) is 1. The lowest BCUT2D eigenvalue weighted by atomic mass is 10.1. The Balaban J connectivity index is 2.14. The van der Waals surface area contributed by atoms with Crippen LogP contribution in [0.3, 0.4) is 0 Å². The molecule has 0 spiro atoms.